The second-order valence-electron chi connectivity index (χ2n) is 6.35. The average molecular weight is 378 g/mol. The van der Waals surface area contributed by atoms with Gasteiger partial charge >= 0.3 is 0 Å². The van der Waals surface area contributed by atoms with E-state index in [0.717, 1.165) is 11.5 Å². The fraction of sp³-hybridized carbons (Fsp3) is 0.190. The Morgan fingerprint density at radius 2 is 1.44 bits per heavy atom. The van der Waals surface area contributed by atoms with Crippen molar-refractivity contribution < 1.29 is 14.4 Å². The first-order valence-corrected chi connectivity index (χ1v) is 9.94. The molecule has 0 radical (unpaired) electrons. The van der Waals surface area contributed by atoms with Crippen molar-refractivity contribution in [1.82, 2.24) is 10.2 Å². The van der Waals surface area contributed by atoms with Crippen LogP contribution in [0.15, 0.2) is 66.0 Å². The van der Waals surface area contributed by atoms with Crippen molar-refractivity contribution in [2.45, 2.75) is 0 Å². The predicted molar refractivity (Wildman–Crippen MR) is 105 cm³/mol. The molecule has 1 aliphatic heterocycles. The maximum atomic E-state index is 13.2. The van der Waals surface area contributed by atoms with E-state index in [1.165, 1.54) is 0 Å². The van der Waals surface area contributed by atoms with E-state index in [1.54, 1.807) is 48.5 Å². The van der Waals surface area contributed by atoms with E-state index in [-0.39, 0.29) is 17.3 Å². The van der Waals surface area contributed by atoms with E-state index in [4.69, 9.17) is 0 Å². The molecule has 2 aromatic carbocycles. The average Bonchev–Trinajstić information content (AvgIpc) is 2.73. The summed E-state index contributed by atoms with van der Waals surface area (Å²) in [5.74, 6) is 0.845. The lowest BCUT2D eigenvalue weighted by molar-refractivity contribution is 0.0903. The number of ketones is 2. The van der Waals surface area contributed by atoms with Gasteiger partial charge in [-0.05, 0) is 12.1 Å². The second-order valence-corrected chi connectivity index (χ2v) is 7.57. The molecule has 2 aromatic rings. The third kappa shape index (κ3) is 3.28. The van der Waals surface area contributed by atoms with Crippen LogP contribution in [0.3, 0.4) is 0 Å². The predicted octanol–water partition coefficient (Wildman–Crippen LogP) is 2.76. The van der Waals surface area contributed by atoms with Crippen LogP contribution in [0.5, 0.6) is 0 Å². The minimum atomic E-state index is -0.394. The molecule has 2 aliphatic rings. The normalized spacial score (nSPS) is 17.0. The number of thioether (sulfide) groups is 1. The van der Waals surface area contributed by atoms with Crippen LogP contribution in [0.2, 0.25) is 0 Å². The van der Waals surface area contributed by atoms with E-state index in [9.17, 15) is 14.4 Å². The van der Waals surface area contributed by atoms with Gasteiger partial charge in [0.05, 0.1) is 0 Å². The van der Waals surface area contributed by atoms with E-state index < -0.39 is 5.91 Å². The number of Topliss-reactive ketones (excluding diaryl/α,β-unsaturated/α-hetero) is 2. The van der Waals surface area contributed by atoms with Crippen LogP contribution in [-0.2, 0) is 0 Å². The van der Waals surface area contributed by atoms with E-state index in [2.05, 4.69) is 5.32 Å². The minimum absolute atomic E-state index is 0.0828. The smallest absolute Gasteiger partial charge is 0.255 e. The lowest BCUT2D eigenvalue weighted by Crippen LogP contribution is -2.43. The van der Waals surface area contributed by atoms with Crippen LogP contribution in [0, 0.1) is 0 Å². The number of rotatable bonds is 3. The second kappa shape index (κ2) is 7.40. The molecule has 1 saturated heterocycles. The molecule has 6 heteroatoms. The molecule has 0 saturated carbocycles. The summed E-state index contributed by atoms with van der Waals surface area (Å²) in [5, 5.41) is 2.73. The first-order chi connectivity index (χ1) is 13.2. The zero-order valence-corrected chi connectivity index (χ0v) is 15.4. The van der Waals surface area contributed by atoms with Crippen molar-refractivity contribution in [3.8, 4) is 0 Å². The molecule has 5 nitrogen and oxygen atoms in total. The molecule has 136 valence electrons. The largest absolute Gasteiger partial charge is 0.365 e. The van der Waals surface area contributed by atoms with Crippen LogP contribution >= 0.6 is 11.8 Å². The maximum Gasteiger partial charge on any atom is 0.255 e. The number of nitrogens with one attached hydrogen (secondary N) is 1. The third-order valence-electron chi connectivity index (χ3n) is 4.70. The zero-order valence-electron chi connectivity index (χ0n) is 14.6. The van der Waals surface area contributed by atoms with Crippen molar-refractivity contribution in [3.05, 3.63) is 82.7 Å². The molecular weight excluding hydrogens is 360 g/mol. The van der Waals surface area contributed by atoms with Crippen LogP contribution in [0.1, 0.15) is 31.1 Å². The highest BCUT2D eigenvalue weighted by molar-refractivity contribution is 7.99. The number of carbonyl (C=O) groups is 3. The van der Waals surface area contributed by atoms with E-state index >= 15 is 0 Å². The number of carbonyl (C=O) groups excluding carboxylic acids is 3. The molecule has 0 atom stereocenters. The van der Waals surface area contributed by atoms with Crippen molar-refractivity contribution in [2.24, 2.45) is 0 Å². The Balaban J connectivity index is 1.78. The summed E-state index contributed by atoms with van der Waals surface area (Å²) in [6.45, 7) is 1.35. The number of hydrogen-bond acceptors (Lipinski definition) is 5. The summed E-state index contributed by atoms with van der Waals surface area (Å²) < 4.78 is 0. The van der Waals surface area contributed by atoms with Crippen LogP contribution < -0.4 is 5.32 Å². The fourth-order valence-corrected chi connectivity index (χ4v) is 4.25. The number of fused-ring (bicyclic) bond motifs is 1. The van der Waals surface area contributed by atoms with Gasteiger partial charge in [-0.2, -0.15) is 11.8 Å². The van der Waals surface area contributed by atoms with Gasteiger partial charge in [-0.3, -0.25) is 14.4 Å². The van der Waals surface area contributed by atoms with Gasteiger partial charge in [0.2, 0.25) is 11.6 Å². The standard InChI is InChI=1S/C21H18N2O3S/c24-19-15-8-4-5-9-16(15)20(25)18(23-10-12-27-13-11-23)17(19)22-21(26)14-6-2-1-3-7-14/h1-9H,10-13H2,(H,22,26). The lowest BCUT2D eigenvalue weighted by Gasteiger charge is -2.33. The van der Waals surface area contributed by atoms with Crippen molar-refractivity contribution in [2.75, 3.05) is 24.6 Å². The first-order valence-electron chi connectivity index (χ1n) is 8.78. The Bertz CT molecular complexity index is 947. The van der Waals surface area contributed by atoms with Gasteiger partial charge in [-0.25, -0.2) is 0 Å². The summed E-state index contributed by atoms with van der Waals surface area (Å²) in [6, 6.07) is 15.5. The highest BCUT2D eigenvalue weighted by Gasteiger charge is 2.36. The summed E-state index contributed by atoms with van der Waals surface area (Å²) in [7, 11) is 0. The monoisotopic (exact) mass is 378 g/mol. The van der Waals surface area contributed by atoms with Gasteiger partial charge < -0.3 is 10.2 Å². The number of nitrogens with zero attached hydrogens (tertiary/aromatic N) is 1. The fourth-order valence-electron chi connectivity index (χ4n) is 3.34. The molecule has 1 heterocycles. The summed E-state index contributed by atoms with van der Waals surface area (Å²) in [5.41, 5.74) is 1.56. The number of allylic oxidation sites excluding steroid dienone is 2. The first kappa shape index (κ1) is 17.5. The summed E-state index contributed by atoms with van der Waals surface area (Å²) in [6.07, 6.45) is 0. The SMILES string of the molecule is O=C(NC1=C(N2CCSCC2)C(=O)c2ccccc2C1=O)c1ccccc1. The van der Waals surface area contributed by atoms with Crippen molar-refractivity contribution in [1.29, 1.82) is 0 Å². The Kier molecular flexibility index (Phi) is 4.81. The molecular formula is C21H18N2O3S. The minimum Gasteiger partial charge on any atom is -0.365 e. The van der Waals surface area contributed by atoms with Crippen LogP contribution in [0.25, 0.3) is 0 Å². The van der Waals surface area contributed by atoms with Crippen LogP contribution in [-0.4, -0.2) is 47.0 Å². The van der Waals surface area contributed by atoms with Crippen molar-refractivity contribution >= 4 is 29.2 Å². The van der Waals surface area contributed by atoms with E-state index in [0.29, 0.717) is 35.5 Å². The lowest BCUT2D eigenvalue weighted by atomic mass is 9.89. The maximum absolute atomic E-state index is 13.2. The Morgan fingerprint density at radius 1 is 0.852 bits per heavy atom. The highest BCUT2D eigenvalue weighted by atomic mass is 32.2. The molecule has 1 amide bonds. The quantitative estimate of drug-likeness (QED) is 0.890. The van der Waals surface area contributed by atoms with Crippen LogP contribution in [0.4, 0.5) is 0 Å². The number of amides is 1. The summed E-state index contributed by atoms with van der Waals surface area (Å²) >= 11 is 1.81. The molecule has 0 bridgehead atoms. The van der Waals surface area contributed by atoms with Gasteiger partial charge in [0.15, 0.2) is 0 Å². The summed E-state index contributed by atoms with van der Waals surface area (Å²) in [4.78, 5) is 40.9. The Labute approximate surface area is 161 Å². The topological polar surface area (TPSA) is 66.5 Å². The van der Waals surface area contributed by atoms with Gasteiger partial charge in [0.25, 0.3) is 5.91 Å². The third-order valence-corrected chi connectivity index (χ3v) is 5.64. The molecule has 4 rings (SSSR count). The van der Waals surface area contributed by atoms with Gasteiger partial charge in [-0.15, -0.1) is 0 Å². The van der Waals surface area contributed by atoms with E-state index in [1.807, 2.05) is 22.7 Å². The van der Waals surface area contributed by atoms with Gasteiger partial charge in [-0.1, -0.05) is 42.5 Å². The van der Waals surface area contributed by atoms with Gasteiger partial charge in [0, 0.05) is 41.3 Å². The highest BCUT2D eigenvalue weighted by Crippen LogP contribution is 2.29. The van der Waals surface area contributed by atoms with Gasteiger partial charge in [0.1, 0.15) is 11.4 Å². The Hall–Kier alpha value is -2.86. The number of benzene rings is 2. The Morgan fingerprint density at radius 3 is 2.11 bits per heavy atom. The zero-order chi connectivity index (χ0) is 18.8. The molecule has 1 fully saturated rings. The molecule has 27 heavy (non-hydrogen) atoms. The molecule has 0 spiro atoms. The number of hydrogen-bond donors (Lipinski definition) is 1. The van der Waals surface area contributed by atoms with Crippen molar-refractivity contribution in [3.63, 3.8) is 0 Å². The molecule has 1 N–H and O–H groups in total. The molecule has 0 aromatic heterocycles. The molecule has 0 unspecified atom stereocenters. The molecule has 1 aliphatic carbocycles.